The number of ether oxygens (including phenoxy) is 1. The second-order valence-corrected chi connectivity index (χ2v) is 11.8. The molecule has 4 aromatic rings. The van der Waals surface area contributed by atoms with E-state index in [4.69, 9.17) is 14.3 Å². The van der Waals surface area contributed by atoms with Crippen molar-refractivity contribution in [1.29, 1.82) is 0 Å². The molecule has 1 aliphatic heterocycles. The number of aromatic hydroxyl groups is 1. The first-order valence-corrected chi connectivity index (χ1v) is 15.3. The van der Waals surface area contributed by atoms with Gasteiger partial charge in [0.05, 0.1) is 28.8 Å². The Labute approximate surface area is 256 Å². The number of para-hydroxylation sites is 1. The van der Waals surface area contributed by atoms with Gasteiger partial charge in [-0.3, -0.25) is 14.5 Å². The Kier molecular flexibility index (Phi) is 9.23. The van der Waals surface area contributed by atoms with Crippen molar-refractivity contribution >= 4 is 56.7 Å². The molecule has 4 N–H and O–H groups in total. The standard InChI is InChI=1S/C30H25N5O7S2/c31-44(39,40)25-13-9-22(10-14-25)33-28(37)19-42-26-6-2-1-4-21(26)16-27-29(38)35(18-24-5-3-15-41-24)30(43-27)34-32-17-20-7-11-23(36)12-8-20/h1-17,36H,18-19H2,(H,33,37)(H2,31,39,40)/b27-16-,32-17+,34-30-. The van der Waals surface area contributed by atoms with E-state index in [1.807, 2.05) is 0 Å². The van der Waals surface area contributed by atoms with Crippen molar-refractivity contribution in [2.45, 2.75) is 11.4 Å². The summed E-state index contributed by atoms with van der Waals surface area (Å²) < 4.78 is 34.1. The van der Waals surface area contributed by atoms with Crippen molar-refractivity contribution in [3.63, 3.8) is 0 Å². The first-order chi connectivity index (χ1) is 21.2. The Balaban J connectivity index is 1.31. The van der Waals surface area contributed by atoms with E-state index < -0.39 is 15.9 Å². The fraction of sp³-hybridized carbons (Fsp3) is 0.0667. The number of amides is 2. The van der Waals surface area contributed by atoms with E-state index in [1.165, 1.54) is 53.8 Å². The van der Waals surface area contributed by atoms with E-state index in [0.29, 0.717) is 38.4 Å². The molecule has 2 amide bonds. The number of anilines is 1. The lowest BCUT2D eigenvalue weighted by molar-refractivity contribution is -0.122. The van der Waals surface area contributed by atoms with Crippen LogP contribution in [0.1, 0.15) is 16.9 Å². The van der Waals surface area contributed by atoms with Gasteiger partial charge in [0.1, 0.15) is 17.3 Å². The summed E-state index contributed by atoms with van der Waals surface area (Å²) in [6.07, 6.45) is 4.67. The molecule has 1 fully saturated rings. The summed E-state index contributed by atoms with van der Waals surface area (Å²) in [5, 5.41) is 25.9. The van der Waals surface area contributed by atoms with Crippen LogP contribution in [0.2, 0.25) is 0 Å². The van der Waals surface area contributed by atoms with Gasteiger partial charge in [-0.15, -0.1) is 5.10 Å². The third-order valence-electron chi connectivity index (χ3n) is 6.06. The summed E-state index contributed by atoms with van der Waals surface area (Å²) in [7, 11) is -3.85. The Morgan fingerprint density at radius 1 is 1.05 bits per heavy atom. The van der Waals surface area contributed by atoms with Gasteiger partial charge in [0.25, 0.3) is 11.8 Å². The molecule has 0 radical (unpaired) electrons. The SMILES string of the molecule is NS(=O)(=O)c1ccc(NC(=O)COc2ccccc2/C=C2\S/C(=N\N=C\c3ccc(O)cc3)N(Cc3ccco3)C2=O)cc1. The largest absolute Gasteiger partial charge is 0.508 e. The van der Waals surface area contributed by atoms with Crippen molar-refractivity contribution in [2.75, 3.05) is 11.9 Å². The molecule has 1 saturated heterocycles. The molecule has 0 spiro atoms. The zero-order valence-corrected chi connectivity index (χ0v) is 24.5. The molecular formula is C30H25N5O7S2. The molecule has 2 heterocycles. The molecule has 44 heavy (non-hydrogen) atoms. The van der Waals surface area contributed by atoms with E-state index in [1.54, 1.807) is 54.6 Å². The summed E-state index contributed by atoms with van der Waals surface area (Å²) >= 11 is 1.12. The normalized spacial score (nSPS) is 15.4. The number of rotatable bonds is 10. The smallest absolute Gasteiger partial charge is 0.267 e. The highest BCUT2D eigenvalue weighted by Gasteiger charge is 2.34. The number of carbonyl (C=O) groups excluding carboxylic acids is 2. The molecule has 224 valence electrons. The number of thioether (sulfide) groups is 1. The van der Waals surface area contributed by atoms with E-state index in [-0.39, 0.29) is 29.7 Å². The number of hydrogen-bond donors (Lipinski definition) is 3. The fourth-order valence-corrected chi connectivity index (χ4v) is 5.37. The van der Waals surface area contributed by atoms with Crippen LogP contribution in [0, 0.1) is 0 Å². The van der Waals surface area contributed by atoms with Gasteiger partial charge in [0.15, 0.2) is 11.8 Å². The van der Waals surface area contributed by atoms with Gasteiger partial charge in [-0.2, -0.15) is 5.10 Å². The van der Waals surface area contributed by atoms with E-state index >= 15 is 0 Å². The molecule has 5 rings (SSSR count). The van der Waals surface area contributed by atoms with Gasteiger partial charge >= 0.3 is 0 Å². The summed E-state index contributed by atoms with van der Waals surface area (Å²) in [4.78, 5) is 27.7. The van der Waals surface area contributed by atoms with Crippen LogP contribution in [0.4, 0.5) is 5.69 Å². The molecule has 0 saturated carbocycles. The van der Waals surface area contributed by atoms with Crippen molar-refractivity contribution < 1.29 is 32.3 Å². The number of carbonyl (C=O) groups is 2. The molecule has 3 aromatic carbocycles. The first-order valence-electron chi connectivity index (χ1n) is 12.9. The Bertz CT molecular complexity index is 1850. The highest BCUT2D eigenvalue weighted by Crippen LogP contribution is 2.35. The third-order valence-corrected chi connectivity index (χ3v) is 7.98. The van der Waals surface area contributed by atoms with E-state index in [0.717, 1.165) is 11.8 Å². The number of sulfonamides is 1. The third kappa shape index (κ3) is 7.80. The number of nitrogens with two attached hydrogens (primary N) is 1. The zero-order chi connectivity index (χ0) is 31.1. The number of nitrogens with zero attached hydrogens (tertiary/aromatic N) is 3. The number of primary sulfonamides is 1. The second-order valence-electron chi connectivity index (χ2n) is 9.24. The molecule has 0 bridgehead atoms. The molecule has 0 atom stereocenters. The Morgan fingerprint density at radius 2 is 1.80 bits per heavy atom. The first kappa shape index (κ1) is 30.3. The molecule has 0 unspecified atom stereocenters. The quantitative estimate of drug-likeness (QED) is 0.133. The van der Waals surface area contributed by atoms with Crippen LogP contribution >= 0.6 is 11.8 Å². The maximum atomic E-state index is 13.5. The molecular weight excluding hydrogens is 606 g/mol. The molecule has 0 aliphatic carbocycles. The van der Waals surface area contributed by atoms with Crippen LogP contribution in [-0.2, 0) is 26.2 Å². The molecule has 1 aliphatic rings. The number of furan rings is 1. The minimum Gasteiger partial charge on any atom is -0.508 e. The van der Waals surface area contributed by atoms with Gasteiger partial charge in [0, 0.05) is 11.3 Å². The molecule has 1 aromatic heterocycles. The van der Waals surface area contributed by atoms with Gasteiger partial charge in [0.2, 0.25) is 10.0 Å². The van der Waals surface area contributed by atoms with Crippen LogP contribution in [-0.4, -0.2) is 48.2 Å². The van der Waals surface area contributed by atoms with Crippen LogP contribution in [0.15, 0.2) is 116 Å². The van der Waals surface area contributed by atoms with Gasteiger partial charge < -0.3 is 19.6 Å². The highest BCUT2D eigenvalue weighted by molar-refractivity contribution is 8.18. The summed E-state index contributed by atoms with van der Waals surface area (Å²) in [5.74, 6) is 0.255. The summed E-state index contributed by atoms with van der Waals surface area (Å²) in [6.45, 7) is -0.207. The van der Waals surface area contributed by atoms with Crippen LogP contribution in [0.25, 0.3) is 6.08 Å². The maximum absolute atomic E-state index is 13.5. The lowest BCUT2D eigenvalue weighted by Gasteiger charge is -2.12. The van der Waals surface area contributed by atoms with Crippen LogP contribution in [0.3, 0.4) is 0 Å². The minimum absolute atomic E-state index is 0.0758. The number of hydrogen-bond acceptors (Lipinski definition) is 10. The van der Waals surface area contributed by atoms with Crippen LogP contribution in [0.5, 0.6) is 11.5 Å². The number of phenols is 1. The van der Waals surface area contributed by atoms with E-state index in [9.17, 15) is 23.1 Å². The summed E-state index contributed by atoms with van der Waals surface area (Å²) in [6, 6.07) is 22.2. The number of benzene rings is 3. The van der Waals surface area contributed by atoms with E-state index in [2.05, 4.69) is 15.5 Å². The second kappa shape index (κ2) is 13.4. The number of amidine groups is 1. The van der Waals surface area contributed by atoms with Crippen LogP contribution < -0.4 is 15.2 Å². The van der Waals surface area contributed by atoms with Gasteiger partial charge in [-0.1, -0.05) is 18.2 Å². The Hall–Kier alpha value is -5.18. The molecule has 12 nitrogen and oxygen atoms in total. The van der Waals surface area contributed by atoms with Crippen molar-refractivity contribution in [3.8, 4) is 11.5 Å². The average Bonchev–Trinajstić information content (AvgIpc) is 3.62. The predicted molar refractivity (Wildman–Crippen MR) is 166 cm³/mol. The average molecular weight is 632 g/mol. The summed E-state index contributed by atoms with van der Waals surface area (Å²) in [5.41, 5.74) is 1.64. The highest BCUT2D eigenvalue weighted by atomic mass is 32.2. The maximum Gasteiger partial charge on any atom is 0.267 e. The van der Waals surface area contributed by atoms with Crippen molar-refractivity contribution in [1.82, 2.24) is 4.90 Å². The van der Waals surface area contributed by atoms with Crippen molar-refractivity contribution in [3.05, 3.63) is 113 Å². The minimum atomic E-state index is -3.85. The predicted octanol–water partition coefficient (Wildman–Crippen LogP) is 4.16. The monoisotopic (exact) mass is 631 g/mol. The zero-order valence-electron chi connectivity index (χ0n) is 22.9. The van der Waals surface area contributed by atoms with Gasteiger partial charge in [-0.05, 0) is 90.1 Å². The van der Waals surface area contributed by atoms with Crippen molar-refractivity contribution in [2.24, 2.45) is 15.3 Å². The van der Waals surface area contributed by atoms with Gasteiger partial charge in [-0.25, -0.2) is 13.6 Å². The lowest BCUT2D eigenvalue weighted by Crippen LogP contribution is -2.28. The Morgan fingerprint density at radius 3 is 2.50 bits per heavy atom. The topological polar surface area (TPSA) is 177 Å². The number of phenolic OH excluding ortho intramolecular Hbond substituents is 1. The number of nitrogens with one attached hydrogen (secondary N) is 1. The fourth-order valence-electron chi connectivity index (χ4n) is 3.93. The lowest BCUT2D eigenvalue weighted by atomic mass is 10.2. The molecule has 14 heteroatoms.